The van der Waals surface area contributed by atoms with Crippen LogP contribution in [0.2, 0.25) is 0 Å². The predicted octanol–water partition coefficient (Wildman–Crippen LogP) is 2.66. The van der Waals surface area contributed by atoms with Crippen molar-refractivity contribution in [3.8, 4) is 0 Å². The zero-order chi connectivity index (χ0) is 15.6. The molecular formula is C16H22N4O. The number of carbonyl (C=O) groups excluding carboxylic acids is 1. The van der Waals surface area contributed by atoms with Crippen molar-refractivity contribution in [1.82, 2.24) is 15.5 Å². The number of nitrogens with zero attached hydrogens (tertiary/aromatic N) is 1. The van der Waals surface area contributed by atoms with Gasteiger partial charge in [-0.25, -0.2) is 0 Å². The second kappa shape index (κ2) is 5.99. The minimum Gasteiger partial charge on any atom is -0.395 e. The van der Waals surface area contributed by atoms with E-state index in [0.29, 0.717) is 5.69 Å². The van der Waals surface area contributed by atoms with Crippen LogP contribution in [0.15, 0.2) is 18.2 Å². The molecule has 5 nitrogen and oxygen atoms in total. The van der Waals surface area contributed by atoms with Crippen molar-refractivity contribution in [3.05, 3.63) is 46.3 Å². The highest BCUT2D eigenvalue weighted by Gasteiger charge is 2.19. The first-order valence-electron chi connectivity index (χ1n) is 7.14. The first-order chi connectivity index (χ1) is 9.93. The van der Waals surface area contributed by atoms with Gasteiger partial charge in [-0.15, -0.1) is 0 Å². The van der Waals surface area contributed by atoms with E-state index in [1.165, 1.54) is 5.56 Å². The Morgan fingerprint density at radius 2 is 2.14 bits per heavy atom. The summed E-state index contributed by atoms with van der Waals surface area (Å²) in [5, 5.41) is 9.76. The van der Waals surface area contributed by atoms with Crippen LogP contribution in [-0.2, 0) is 6.42 Å². The Morgan fingerprint density at radius 1 is 1.43 bits per heavy atom. The lowest BCUT2D eigenvalue weighted by Gasteiger charge is -2.16. The summed E-state index contributed by atoms with van der Waals surface area (Å²) in [7, 11) is 0. The quantitative estimate of drug-likeness (QED) is 0.808. The Hall–Kier alpha value is -2.30. The molecule has 2 rings (SSSR count). The number of H-pyrrole nitrogens is 1. The van der Waals surface area contributed by atoms with Gasteiger partial charge in [0.15, 0.2) is 5.69 Å². The van der Waals surface area contributed by atoms with E-state index in [-0.39, 0.29) is 17.6 Å². The van der Waals surface area contributed by atoms with Crippen LogP contribution >= 0.6 is 0 Å². The van der Waals surface area contributed by atoms with Crippen LogP contribution in [0.3, 0.4) is 0 Å². The van der Waals surface area contributed by atoms with E-state index in [0.717, 1.165) is 23.2 Å². The number of aromatic nitrogens is 2. The molecule has 0 fully saturated rings. The number of carbonyl (C=O) groups is 1. The average molecular weight is 286 g/mol. The number of rotatable bonds is 4. The van der Waals surface area contributed by atoms with Crippen LogP contribution in [0, 0.1) is 13.8 Å². The van der Waals surface area contributed by atoms with Gasteiger partial charge in [0.05, 0.1) is 17.4 Å². The Kier molecular flexibility index (Phi) is 4.31. The van der Waals surface area contributed by atoms with Gasteiger partial charge in [0, 0.05) is 0 Å². The first-order valence-corrected chi connectivity index (χ1v) is 7.14. The number of nitrogens with two attached hydrogens (primary N) is 1. The van der Waals surface area contributed by atoms with E-state index in [4.69, 9.17) is 5.73 Å². The molecule has 1 unspecified atom stereocenters. The third-order valence-corrected chi connectivity index (χ3v) is 3.69. The lowest BCUT2D eigenvalue weighted by Crippen LogP contribution is -2.28. The first kappa shape index (κ1) is 15.1. The summed E-state index contributed by atoms with van der Waals surface area (Å²) < 4.78 is 0. The molecule has 4 N–H and O–H groups in total. The second-order valence-corrected chi connectivity index (χ2v) is 5.37. The molecule has 21 heavy (non-hydrogen) atoms. The van der Waals surface area contributed by atoms with Crippen LogP contribution in [0.5, 0.6) is 0 Å². The molecule has 0 saturated carbocycles. The van der Waals surface area contributed by atoms with Crippen LogP contribution in [0.4, 0.5) is 5.69 Å². The molecule has 0 aliphatic rings. The maximum atomic E-state index is 12.3. The molecule has 5 heteroatoms. The number of nitrogens with one attached hydrogen (secondary N) is 2. The normalized spacial score (nSPS) is 12.2. The molecule has 2 aromatic rings. The van der Waals surface area contributed by atoms with Crippen molar-refractivity contribution in [1.29, 1.82) is 0 Å². The lowest BCUT2D eigenvalue weighted by atomic mass is 10.0. The fourth-order valence-electron chi connectivity index (χ4n) is 2.48. The van der Waals surface area contributed by atoms with Gasteiger partial charge in [0.2, 0.25) is 0 Å². The van der Waals surface area contributed by atoms with Crippen LogP contribution < -0.4 is 11.1 Å². The summed E-state index contributed by atoms with van der Waals surface area (Å²) in [4.78, 5) is 12.3. The highest BCUT2D eigenvalue weighted by molar-refractivity contribution is 5.97. The third-order valence-electron chi connectivity index (χ3n) is 3.69. The van der Waals surface area contributed by atoms with Crippen molar-refractivity contribution >= 4 is 11.6 Å². The Morgan fingerprint density at radius 3 is 2.71 bits per heavy atom. The molecular weight excluding hydrogens is 264 g/mol. The van der Waals surface area contributed by atoms with Crippen molar-refractivity contribution in [2.24, 2.45) is 0 Å². The summed E-state index contributed by atoms with van der Waals surface area (Å²) >= 11 is 0. The molecule has 0 spiro atoms. The highest BCUT2D eigenvalue weighted by atomic mass is 16.2. The van der Waals surface area contributed by atoms with Crippen LogP contribution in [0.25, 0.3) is 0 Å². The molecule has 0 bridgehead atoms. The van der Waals surface area contributed by atoms with Gasteiger partial charge in [-0.2, -0.15) is 5.10 Å². The second-order valence-electron chi connectivity index (χ2n) is 5.37. The van der Waals surface area contributed by atoms with Crippen molar-refractivity contribution in [2.75, 3.05) is 5.73 Å². The van der Waals surface area contributed by atoms with Crippen molar-refractivity contribution in [2.45, 2.75) is 40.2 Å². The number of nitrogen functional groups attached to an aromatic ring is 1. The van der Waals surface area contributed by atoms with Gasteiger partial charge < -0.3 is 11.1 Å². The van der Waals surface area contributed by atoms with E-state index in [2.05, 4.69) is 28.5 Å². The average Bonchev–Trinajstić information content (AvgIpc) is 2.79. The zero-order valence-electron chi connectivity index (χ0n) is 12.9. The lowest BCUT2D eigenvalue weighted by molar-refractivity contribution is 0.0935. The summed E-state index contributed by atoms with van der Waals surface area (Å²) in [5.74, 6) is -0.254. The summed E-state index contributed by atoms with van der Waals surface area (Å²) in [6, 6.07) is 6.10. The van der Waals surface area contributed by atoms with Gasteiger partial charge in [-0.3, -0.25) is 9.89 Å². The number of aromatic amines is 1. The van der Waals surface area contributed by atoms with Crippen LogP contribution in [0.1, 0.15) is 52.8 Å². The number of anilines is 1. The van der Waals surface area contributed by atoms with E-state index >= 15 is 0 Å². The van der Waals surface area contributed by atoms with Gasteiger partial charge in [0.1, 0.15) is 0 Å². The van der Waals surface area contributed by atoms with Gasteiger partial charge in [0.25, 0.3) is 5.91 Å². The zero-order valence-corrected chi connectivity index (χ0v) is 12.9. The molecule has 0 aliphatic carbocycles. The third kappa shape index (κ3) is 3.07. The molecule has 1 amide bonds. The SMILES string of the molecule is CCc1[nH]nc(C(=O)NC(C)c2ccc(C)cc2C)c1N. The fraction of sp³-hybridized carbons (Fsp3) is 0.375. The van der Waals surface area contributed by atoms with Crippen molar-refractivity contribution in [3.63, 3.8) is 0 Å². The molecule has 0 aliphatic heterocycles. The number of benzene rings is 1. The molecule has 1 atom stereocenters. The van der Waals surface area contributed by atoms with Crippen LogP contribution in [-0.4, -0.2) is 16.1 Å². The molecule has 1 aromatic carbocycles. The fourth-order valence-corrected chi connectivity index (χ4v) is 2.48. The summed E-state index contributed by atoms with van der Waals surface area (Å²) in [6.07, 6.45) is 0.721. The minimum absolute atomic E-state index is 0.0979. The Balaban J connectivity index is 2.16. The number of hydrogen-bond acceptors (Lipinski definition) is 3. The standard InChI is InChI=1S/C16H22N4O/c1-5-13-14(17)15(20-19-13)16(21)18-11(4)12-7-6-9(2)8-10(12)3/h6-8,11H,5,17H2,1-4H3,(H,18,21)(H,19,20). The van der Waals surface area contributed by atoms with Gasteiger partial charge in [-0.1, -0.05) is 30.7 Å². The van der Waals surface area contributed by atoms with Gasteiger partial charge in [-0.05, 0) is 38.3 Å². The molecule has 0 saturated heterocycles. The minimum atomic E-state index is -0.254. The summed E-state index contributed by atoms with van der Waals surface area (Å²) in [5.41, 5.74) is 10.9. The molecule has 0 radical (unpaired) electrons. The highest BCUT2D eigenvalue weighted by Crippen LogP contribution is 2.20. The Bertz CT molecular complexity index is 660. The van der Waals surface area contributed by atoms with E-state index in [9.17, 15) is 4.79 Å². The summed E-state index contributed by atoms with van der Waals surface area (Å²) in [6.45, 7) is 8.02. The van der Waals surface area contributed by atoms with E-state index in [1.54, 1.807) is 0 Å². The number of amides is 1. The topological polar surface area (TPSA) is 83.8 Å². The Labute approximate surface area is 124 Å². The maximum Gasteiger partial charge on any atom is 0.274 e. The van der Waals surface area contributed by atoms with Crippen molar-refractivity contribution < 1.29 is 4.79 Å². The maximum absolute atomic E-state index is 12.3. The monoisotopic (exact) mass is 286 g/mol. The van der Waals surface area contributed by atoms with Gasteiger partial charge >= 0.3 is 0 Å². The molecule has 112 valence electrons. The predicted molar refractivity (Wildman–Crippen MR) is 84.2 cm³/mol. The van der Waals surface area contributed by atoms with E-state index in [1.807, 2.05) is 32.9 Å². The smallest absolute Gasteiger partial charge is 0.274 e. The van der Waals surface area contributed by atoms with E-state index < -0.39 is 0 Å². The molecule has 1 aromatic heterocycles. The largest absolute Gasteiger partial charge is 0.395 e. The molecule has 1 heterocycles. The number of aryl methyl sites for hydroxylation is 3. The number of hydrogen-bond donors (Lipinski definition) is 3.